The fourth-order valence-corrected chi connectivity index (χ4v) is 3.15. The van der Waals surface area contributed by atoms with Crippen LogP contribution in [0.25, 0.3) is 0 Å². The van der Waals surface area contributed by atoms with Gasteiger partial charge in [0, 0.05) is 22.8 Å². The number of thiophene rings is 1. The number of hydrogen-bond donors (Lipinski definition) is 1. The number of hydrogen-bond acceptors (Lipinski definition) is 3. The van der Waals surface area contributed by atoms with Crippen molar-refractivity contribution in [3.63, 3.8) is 0 Å². The lowest BCUT2D eigenvalue weighted by atomic mass is 9.90. The van der Waals surface area contributed by atoms with Gasteiger partial charge in [-0.05, 0) is 44.0 Å². The topological polar surface area (TPSA) is 29.3 Å². The van der Waals surface area contributed by atoms with Crippen LogP contribution in [0.15, 0.2) is 12.1 Å². The molecule has 2 heterocycles. The van der Waals surface area contributed by atoms with Gasteiger partial charge < -0.3 is 5.73 Å². The van der Waals surface area contributed by atoms with E-state index in [-0.39, 0.29) is 0 Å². The third-order valence-corrected chi connectivity index (χ3v) is 4.29. The van der Waals surface area contributed by atoms with Crippen LogP contribution >= 0.6 is 11.3 Å². The Morgan fingerprint density at radius 3 is 2.87 bits per heavy atom. The number of aryl methyl sites for hydroxylation is 1. The zero-order chi connectivity index (χ0) is 10.9. The molecule has 1 fully saturated rings. The van der Waals surface area contributed by atoms with Crippen LogP contribution in [0.2, 0.25) is 0 Å². The van der Waals surface area contributed by atoms with Crippen LogP contribution < -0.4 is 5.73 Å². The first-order valence-corrected chi connectivity index (χ1v) is 6.41. The molecule has 0 aromatic carbocycles. The molecule has 0 amide bonds. The van der Waals surface area contributed by atoms with Crippen molar-refractivity contribution in [1.82, 2.24) is 4.90 Å². The summed E-state index contributed by atoms with van der Waals surface area (Å²) in [4.78, 5) is 5.41. The van der Waals surface area contributed by atoms with Gasteiger partial charge in [0.25, 0.3) is 0 Å². The molecule has 2 N–H and O–H groups in total. The lowest BCUT2D eigenvalue weighted by Gasteiger charge is -2.22. The monoisotopic (exact) mass is 224 g/mol. The van der Waals surface area contributed by atoms with E-state index in [2.05, 4.69) is 30.9 Å². The second-order valence-electron chi connectivity index (χ2n) is 4.99. The van der Waals surface area contributed by atoms with Gasteiger partial charge in [-0.25, -0.2) is 0 Å². The van der Waals surface area contributed by atoms with Crippen molar-refractivity contribution in [2.45, 2.75) is 26.8 Å². The molecular formula is C12H20N2S. The van der Waals surface area contributed by atoms with E-state index in [9.17, 15) is 0 Å². The molecule has 3 heteroatoms. The highest BCUT2D eigenvalue weighted by atomic mass is 32.1. The van der Waals surface area contributed by atoms with Gasteiger partial charge in [0.15, 0.2) is 0 Å². The Morgan fingerprint density at radius 2 is 2.33 bits per heavy atom. The molecule has 0 bridgehead atoms. The molecule has 84 valence electrons. The molecule has 0 saturated carbocycles. The molecule has 1 aliphatic heterocycles. The molecule has 1 aliphatic rings. The number of nitrogens with zero attached hydrogens (tertiary/aromatic N) is 1. The predicted octanol–water partition coefficient (Wildman–Crippen LogP) is 2.23. The number of likely N-dealkylation sites (tertiary alicyclic amines) is 1. The Kier molecular flexibility index (Phi) is 3.14. The summed E-state index contributed by atoms with van der Waals surface area (Å²) in [7, 11) is 0. The van der Waals surface area contributed by atoms with Crippen molar-refractivity contribution in [1.29, 1.82) is 0 Å². The molecule has 0 aliphatic carbocycles. The largest absolute Gasteiger partial charge is 0.330 e. The highest BCUT2D eigenvalue weighted by molar-refractivity contribution is 7.11. The van der Waals surface area contributed by atoms with Gasteiger partial charge in [-0.2, -0.15) is 0 Å². The third kappa shape index (κ3) is 2.60. The van der Waals surface area contributed by atoms with Crippen molar-refractivity contribution in [2.75, 3.05) is 19.6 Å². The summed E-state index contributed by atoms with van der Waals surface area (Å²) in [5, 5.41) is 0. The molecule has 1 atom stereocenters. The van der Waals surface area contributed by atoms with Gasteiger partial charge in [0.2, 0.25) is 0 Å². The fraction of sp³-hybridized carbons (Fsp3) is 0.667. The molecule has 2 rings (SSSR count). The maximum absolute atomic E-state index is 5.80. The van der Waals surface area contributed by atoms with Gasteiger partial charge in [0.05, 0.1) is 0 Å². The smallest absolute Gasteiger partial charge is 0.0328 e. The highest BCUT2D eigenvalue weighted by Crippen LogP contribution is 2.30. The highest BCUT2D eigenvalue weighted by Gasteiger charge is 2.32. The first-order valence-electron chi connectivity index (χ1n) is 5.59. The van der Waals surface area contributed by atoms with Crippen LogP contribution in [0, 0.1) is 12.3 Å². The molecule has 15 heavy (non-hydrogen) atoms. The summed E-state index contributed by atoms with van der Waals surface area (Å²) >= 11 is 1.91. The Hall–Kier alpha value is -0.380. The minimum Gasteiger partial charge on any atom is -0.330 e. The second kappa shape index (κ2) is 4.24. The van der Waals surface area contributed by atoms with Gasteiger partial charge >= 0.3 is 0 Å². The summed E-state index contributed by atoms with van der Waals surface area (Å²) in [6.07, 6.45) is 1.24. The van der Waals surface area contributed by atoms with E-state index < -0.39 is 0 Å². The standard InChI is InChI=1S/C12H20N2S/c1-10-3-4-11(15-10)7-14-6-5-12(2,8-13)9-14/h3-4H,5-9,13H2,1-2H3. The van der Waals surface area contributed by atoms with Gasteiger partial charge in [-0.1, -0.05) is 6.92 Å². The van der Waals surface area contributed by atoms with Crippen molar-refractivity contribution in [3.8, 4) is 0 Å². The van der Waals surface area contributed by atoms with Gasteiger partial charge in [-0.15, -0.1) is 11.3 Å². The molecule has 1 aromatic rings. The SMILES string of the molecule is Cc1ccc(CN2CCC(C)(CN)C2)s1. The predicted molar refractivity (Wildman–Crippen MR) is 66.1 cm³/mol. The van der Waals surface area contributed by atoms with E-state index in [0.717, 1.165) is 19.6 Å². The Bertz CT molecular complexity index is 334. The van der Waals surface area contributed by atoms with Crippen molar-refractivity contribution < 1.29 is 0 Å². The lowest BCUT2D eigenvalue weighted by Crippen LogP contribution is -2.30. The van der Waals surface area contributed by atoms with Crippen molar-refractivity contribution in [3.05, 3.63) is 21.9 Å². The molecule has 0 radical (unpaired) electrons. The van der Waals surface area contributed by atoms with E-state index in [4.69, 9.17) is 5.73 Å². The van der Waals surface area contributed by atoms with E-state index in [1.54, 1.807) is 0 Å². The lowest BCUT2D eigenvalue weighted by molar-refractivity contribution is 0.276. The minimum absolute atomic E-state index is 0.353. The van der Waals surface area contributed by atoms with Crippen LogP contribution in [0.3, 0.4) is 0 Å². The average Bonchev–Trinajstić information content (AvgIpc) is 2.76. The fourth-order valence-electron chi connectivity index (χ4n) is 2.22. The van der Waals surface area contributed by atoms with Crippen molar-refractivity contribution >= 4 is 11.3 Å². The Morgan fingerprint density at radius 1 is 1.53 bits per heavy atom. The number of rotatable bonds is 3. The Labute approximate surface area is 96.1 Å². The van der Waals surface area contributed by atoms with Crippen LogP contribution in [0.5, 0.6) is 0 Å². The summed E-state index contributed by atoms with van der Waals surface area (Å²) in [5.74, 6) is 0. The van der Waals surface area contributed by atoms with E-state index in [1.165, 1.54) is 22.7 Å². The average molecular weight is 224 g/mol. The molecule has 1 saturated heterocycles. The first-order chi connectivity index (χ1) is 7.11. The first kappa shape index (κ1) is 11.1. The third-order valence-electron chi connectivity index (χ3n) is 3.31. The van der Waals surface area contributed by atoms with Gasteiger partial charge in [-0.3, -0.25) is 4.90 Å². The molecule has 1 unspecified atom stereocenters. The maximum Gasteiger partial charge on any atom is 0.0328 e. The molecule has 0 spiro atoms. The van der Waals surface area contributed by atoms with Gasteiger partial charge in [0.1, 0.15) is 0 Å². The molecule has 2 nitrogen and oxygen atoms in total. The number of nitrogens with two attached hydrogens (primary N) is 1. The van der Waals surface area contributed by atoms with Crippen LogP contribution in [0.1, 0.15) is 23.1 Å². The zero-order valence-electron chi connectivity index (χ0n) is 9.62. The van der Waals surface area contributed by atoms with E-state index in [1.807, 2.05) is 11.3 Å². The molecular weight excluding hydrogens is 204 g/mol. The van der Waals surface area contributed by atoms with E-state index >= 15 is 0 Å². The second-order valence-corrected chi connectivity index (χ2v) is 6.36. The minimum atomic E-state index is 0.353. The van der Waals surface area contributed by atoms with Crippen LogP contribution in [-0.2, 0) is 6.54 Å². The summed E-state index contributed by atoms with van der Waals surface area (Å²) in [6.45, 7) is 8.74. The zero-order valence-corrected chi connectivity index (χ0v) is 10.4. The Balaban J connectivity index is 1.92. The molecule has 1 aromatic heterocycles. The van der Waals surface area contributed by atoms with Crippen molar-refractivity contribution in [2.24, 2.45) is 11.1 Å². The van der Waals surface area contributed by atoms with Crippen LogP contribution in [0.4, 0.5) is 0 Å². The quantitative estimate of drug-likeness (QED) is 0.853. The van der Waals surface area contributed by atoms with Crippen LogP contribution in [-0.4, -0.2) is 24.5 Å². The summed E-state index contributed by atoms with van der Waals surface area (Å²) in [5.41, 5.74) is 6.16. The summed E-state index contributed by atoms with van der Waals surface area (Å²) in [6, 6.07) is 4.45. The summed E-state index contributed by atoms with van der Waals surface area (Å²) < 4.78 is 0. The van der Waals surface area contributed by atoms with E-state index in [0.29, 0.717) is 5.41 Å². The maximum atomic E-state index is 5.80. The normalized spacial score (nSPS) is 27.4.